The van der Waals surface area contributed by atoms with Crippen molar-refractivity contribution in [2.24, 2.45) is 7.05 Å². The molecule has 0 amide bonds. The highest BCUT2D eigenvalue weighted by Crippen LogP contribution is 2.36. The van der Waals surface area contributed by atoms with Gasteiger partial charge in [-0.15, -0.1) is 0 Å². The minimum absolute atomic E-state index is 0.0105. The van der Waals surface area contributed by atoms with E-state index < -0.39 is 38.1 Å². The zero-order valence-electron chi connectivity index (χ0n) is 15.4. The van der Waals surface area contributed by atoms with E-state index in [0.717, 1.165) is 24.3 Å². The lowest BCUT2D eigenvalue weighted by Crippen LogP contribution is -2.17. The van der Waals surface area contributed by atoms with Gasteiger partial charge >= 0.3 is 0 Å². The van der Waals surface area contributed by atoms with E-state index >= 15 is 4.39 Å². The number of nitrogen functional groups attached to an aromatic ring is 1. The van der Waals surface area contributed by atoms with Crippen LogP contribution in [-0.2, 0) is 17.1 Å². The maximum Gasteiger partial charge on any atom is 0.267 e. The van der Waals surface area contributed by atoms with Gasteiger partial charge in [0, 0.05) is 24.4 Å². The summed E-state index contributed by atoms with van der Waals surface area (Å²) < 4.78 is 71.7. The second kappa shape index (κ2) is 7.02. The Morgan fingerprint density at radius 3 is 2.37 bits per heavy atom. The van der Waals surface area contributed by atoms with Crippen molar-refractivity contribution in [3.8, 4) is 11.1 Å². The summed E-state index contributed by atoms with van der Waals surface area (Å²) in [5.74, 6) is -3.42. The molecular formula is C19H14F3N5O2S. The summed E-state index contributed by atoms with van der Waals surface area (Å²) in [5, 5.41) is 0.388. The minimum atomic E-state index is -4.74. The third-order valence-electron chi connectivity index (χ3n) is 4.50. The molecule has 30 heavy (non-hydrogen) atoms. The van der Waals surface area contributed by atoms with Crippen molar-refractivity contribution in [2.45, 2.75) is 4.90 Å². The molecule has 0 aliphatic carbocycles. The molecule has 0 radical (unpaired) electrons. The molecule has 0 saturated carbocycles. The number of aromatic nitrogens is 3. The highest BCUT2D eigenvalue weighted by atomic mass is 32.2. The van der Waals surface area contributed by atoms with Gasteiger partial charge in [-0.3, -0.25) is 4.72 Å². The zero-order valence-corrected chi connectivity index (χ0v) is 16.2. The summed E-state index contributed by atoms with van der Waals surface area (Å²) >= 11 is 0. The van der Waals surface area contributed by atoms with Crippen LogP contribution in [0.15, 0.2) is 53.8 Å². The van der Waals surface area contributed by atoms with E-state index in [2.05, 4.69) is 9.97 Å². The fraction of sp³-hybridized carbons (Fsp3) is 0.0526. The Morgan fingerprint density at radius 1 is 1.00 bits per heavy atom. The van der Waals surface area contributed by atoms with Crippen LogP contribution < -0.4 is 10.5 Å². The maximum atomic E-state index is 15.3. The highest BCUT2D eigenvalue weighted by molar-refractivity contribution is 7.92. The van der Waals surface area contributed by atoms with Crippen LogP contribution in [0.2, 0.25) is 0 Å². The average molecular weight is 433 g/mol. The molecule has 0 saturated heterocycles. The number of benzene rings is 2. The number of anilines is 2. The number of sulfonamides is 1. The van der Waals surface area contributed by atoms with Crippen LogP contribution in [0, 0.1) is 17.5 Å². The smallest absolute Gasteiger partial charge is 0.267 e. The Labute approximate surface area is 169 Å². The van der Waals surface area contributed by atoms with Gasteiger partial charge in [-0.25, -0.2) is 31.6 Å². The van der Waals surface area contributed by atoms with Gasteiger partial charge in [0.1, 0.15) is 29.4 Å². The van der Waals surface area contributed by atoms with E-state index in [-0.39, 0.29) is 11.4 Å². The number of hydrogen-bond acceptors (Lipinski definition) is 5. The number of aryl methyl sites for hydroxylation is 1. The number of fused-ring (bicyclic) bond motifs is 1. The van der Waals surface area contributed by atoms with E-state index in [4.69, 9.17) is 5.73 Å². The fourth-order valence-corrected chi connectivity index (χ4v) is 4.39. The Hall–Kier alpha value is -3.60. The first-order valence-corrected chi connectivity index (χ1v) is 10.00. The molecule has 0 spiro atoms. The van der Waals surface area contributed by atoms with Gasteiger partial charge < -0.3 is 10.3 Å². The van der Waals surface area contributed by atoms with Gasteiger partial charge in [0.05, 0.1) is 11.1 Å². The second-order valence-corrected chi connectivity index (χ2v) is 8.05. The molecule has 7 nitrogen and oxygen atoms in total. The van der Waals surface area contributed by atoms with Gasteiger partial charge in [0.2, 0.25) is 0 Å². The molecule has 0 fully saturated rings. The average Bonchev–Trinajstić information content (AvgIpc) is 3.01. The molecule has 0 atom stereocenters. The molecule has 0 aliphatic rings. The van der Waals surface area contributed by atoms with Crippen molar-refractivity contribution in [1.29, 1.82) is 0 Å². The molecule has 2 aromatic carbocycles. The molecule has 154 valence electrons. The lowest BCUT2D eigenvalue weighted by Gasteiger charge is -2.12. The predicted octanol–water partition coefficient (Wildman–Crippen LogP) is 3.44. The monoisotopic (exact) mass is 433 g/mol. The molecule has 0 aliphatic heterocycles. The van der Waals surface area contributed by atoms with Crippen molar-refractivity contribution in [3.63, 3.8) is 0 Å². The molecule has 11 heteroatoms. The van der Waals surface area contributed by atoms with Gasteiger partial charge in [-0.1, -0.05) is 18.2 Å². The summed E-state index contributed by atoms with van der Waals surface area (Å²) in [7, 11) is -3.05. The second-order valence-electron chi connectivity index (χ2n) is 6.43. The van der Waals surface area contributed by atoms with Gasteiger partial charge in [-0.05, 0) is 18.2 Å². The Morgan fingerprint density at radius 2 is 1.67 bits per heavy atom. The van der Waals surface area contributed by atoms with Crippen LogP contribution in [0.4, 0.5) is 24.7 Å². The predicted molar refractivity (Wildman–Crippen MR) is 105 cm³/mol. The first kappa shape index (κ1) is 19.7. The zero-order chi connectivity index (χ0) is 21.6. The number of hydrogen-bond donors (Lipinski definition) is 2. The minimum Gasteiger partial charge on any atom is -0.383 e. The van der Waals surface area contributed by atoms with Crippen LogP contribution >= 0.6 is 0 Å². The summed E-state index contributed by atoms with van der Waals surface area (Å²) in [6.07, 6.45) is 2.84. The van der Waals surface area contributed by atoms with Crippen LogP contribution in [0.3, 0.4) is 0 Å². The normalized spacial score (nSPS) is 11.7. The molecule has 2 aromatic heterocycles. The summed E-state index contributed by atoms with van der Waals surface area (Å²) in [6.45, 7) is 0. The van der Waals surface area contributed by atoms with Crippen LogP contribution in [0.5, 0.6) is 0 Å². The van der Waals surface area contributed by atoms with E-state index in [9.17, 15) is 17.2 Å². The quantitative estimate of drug-likeness (QED) is 0.513. The van der Waals surface area contributed by atoms with Crippen molar-refractivity contribution < 1.29 is 21.6 Å². The molecule has 4 aromatic rings. The topological polar surface area (TPSA) is 103 Å². The van der Waals surface area contributed by atoms with Crippen molar-refractivity contribution in [2.75, 3.05) is 10.5 Å². The van der Waals surface area contributed by atoms with Gasteiger partial charge in [0.25, 0.3) is 10.0 Å². The molecule has 0 bridgehead atoms. The van der Waals surface area contributed by atoms with Crippen LogP contribution in [-0.4, -0.2) is 23.0 Å². The van der Waals surface area contributed by atoms with Crippen molar-refractivity contribution >= 4 is 32.6 Å². The lowest BCUT2D eigenvalue weighted by atomic mass is 10.0. The standard InChI is InChI=1S/C19H14F3N5O2S/c1-27-8-11(15-18(23)24-9-25-19(15)27)10-4-2-7-14(16(10)22)26-30(28,29)17-12(20)5-3-6-13(17)21/h2-9,26H,1H3,(H2,23,24,25). The fourth-order valence-electron chi connectivity index (χ4n) is 3.19. The maximum absolute atomic E-state index is 15.3. The lowest BCUT2D eigenvalue weighted by molar-refractivity contribution is 0.521. The van der Waals surface area contributed by atoms with Crippen molar-refractivity contribution in [3.05, 3.63) is 66.4 Å². The summed E-state index contributed by atoms with van der Waals surface area (Å²) in [6, 6.07) is 6.56. The Kier molecular flexibility index (Phi) is 4.61. The van der Waals surface area contributed by atoms with E-state index in [1.807, 2.05) is 4.72 Å². The van der Waals surface area contributed by atoms with Crippen LogP contribution in [0.1, 0.15) is 0 Å². The molecule has 2 heterocycles. The first-order chi connectivity index (χ1) is 14.2. The van der Waals surface area contributed by atoms with E-state index in [1.54, 1.807) is 17.8 Å². The summed E-state index contributed by atoms with van der Waals surface area (Å²) in [5.41, 5.74) is 6.24. The molecule has 0 unspecified atom stereocenters. The van der Waals surface area contributed by atoms with E-state index in [0.29, 0.717) is 16.6 Å². The number of nitrogens with zero attached hydrogens (tertiary/aromatic N) is 3. The Bertz CT molecular complexity index is 1380. The first-order valence-electron chi connectivity index (χ1n) is 8.52. The highest BCUT2D eigenvalue weighted by Gasteiger charge is 2.26. The number of nitrogens with one attached hydrogen (secondary N) is 1. The van der Waals surface area contributed by atoms with Crippen LogP contribution in [0.25, 0.3) is 22.2 Å². The largest absolute Gasteiger partial charge is 0.383 e. The van der Waals surface area contributed by atoms with Gasteiger partial charge in [-0.2, -0.15) is 0 Å². The molecule has 3 N–H and O–H groups in total. The third kappa shape index (κ3) is 3.12. The third-order valence-corrected chi connectivity index (χ3v) is 5.92. The SMILES string of the molecule is Cn1cc(-c2cccc(NS(=O)(=O)c3c(F)cccc3F)c2F)c2c(N)ncnc21. The van der Waals surface area contributed by atoms with E-state index in [1.165, 1.54) is 18.5 Å². The number of nitrogens with two attached hydrogens (primary N) is 1. The van der Waals surface area contributed by atoms with Gasteiger partial charge in [0.15, 0.2) is 10.7 Å². The number of rotatable bonds is 4. The Balaban J connectivity index is 1.84. The molecular weight excluding hydrogens is 419 g/mol. The number of halogens is 3. The summed E-state index contributed by atoms with van der Waals surface area (Å²) in [4.78, 5) is 6.83. The molecule has 4 rings (SSSR count). The van der Waals surface area contributed by atoms with Crippen molar-refractivity contribution in [1.82, 2.24) is 14.5 Å².